The molecule has 0 aromatic rings. The van der Waals surface area contributed by atoms with Crippen molar-refractivity contribution >= 4 is 5.78 Å². The fraction of sp³-hybridized carbons (Fsp3) is 0.917. The highest BCUT2D eigenvalue weighted by Crippen LogP contribution is 2.21. The van der Waals surface area contributed by atoms with Gasteiger partial charge in [0.05, 0.1) is 0 Å². The van der Waals surface area contributed by atoms with E-state index in [0.29, 0.717) is 17.6 Å². The van der Waals surface area contributed by atoms with Gasteiger partial charge in [0.15, 0.2) is 0 Å². The molecule has 0 aromatic carbocycles. The summed E-state index contributed by atoms with van der Waals surface area (Å²) in [6, 6.07) is 0. The van der Waals surface area contributed by atoms with E-state index in [2.05, 4.69) is 17.3 Å². The molecule has 0 aliphatic carbocycles. The van der Waals surface area contributed by atoms with Crippen molar-refractivity contribution < 1.29 is 4.79 Å². The van der Waals surface area contributed by atoms with Crippen LogP contribution in [0.4, 0.5) is 0 Å². The summed E-state index contributed by atoms with van der Waals surface area (Å²) < 4.78 is 0. The third-order valence-corrected chi connectivity index (χ3v) is 3.74. The van der Waals surface area contributed by atoms with Gasteiger partial charge < -0.3 is 10.2 Å². The van der Waals surface area contributed by atoms with Gasteiger partial charge in [-0.3, -0.25) is 4.79 Å². The molecule has 0 aromatic heterocycles. The first-order valence-electron chi connectivity index (χ1n) is 6.17. The highest BCUT2D eigenvalue weighted by atomic mass is 16.1. The van der Waals surface area contributed by atoms with Gasteiger partial charge in [0.1, 0.15) is 5.78 Å². The number of rotatable bonds is 3. The molecule has 0 amide bonds. The van der Waals surface area contributed by atoms with Gasteiger partial charge >= 0.3 is 0 Å². The second-order valence-electron chi connectivity index (χ2n) is 5.13. The molecule has 2 heterocycles. The Labute approximate surface area is 92.2 Å². The molecule has 2 unspecified atom stereocenters. The second kappa shape index (κ2) is 5.08. The minimum Gasteiger partial charge on any atom is -0.316 e. The summed E-state index contributed by atoms with van der Waals surface area (Å²) in [5.41, 5.74) is 0. The van der Waals surface area contributed by atoms with Crippen molar-refractivity contribution in [3.63, 3.8) is 0 Å². The van der Waals surface area contributed by atoms with Crippen molar-refractivity contribution in [3.8, 4) is 0 Å². The Bertz CT molecular complexity index is 224. The van der Waals surface area contributed by atoms with E-state index in [1.165, 1.54) is 12.8 Å². The summed E-state index contributed by atoms with van der Waals surface area (Å²) in [6.45, 7) is 4.27. The number of hydrogen-bond donors (Lipinski definition) is 1. The lowest BCUT2D eigenvalue weighted by Gasteiger charge is -2.23. The van der Waals surface area contributed by atoms with E-state index in [-0.39, 0.29) is 0 Å². The molecule has 2 aliphatic rings. The number of hydrogen-bond acceptors (Lipinski definition) is 3. The van der Waals surface area contributed by atoms with Crippen molar-refractivity contribution in [1.82, 2.24) is 10.2 Å². The molecular weight excluding hydrogens is 188 g/mol. The van der Waals surface area contributed by atoms with Crippen LogP contribution < -0.4 is 5.32 Å². The van der Waals surface area contributed by atoms with Crippen LogP contribution in [0, 0.1) is 11.8 Å². The topological polar surface area (TPSA) is 32.3 Å². The van der Waals surface area contributed by atoms with Gasteiger partial charge in [-0.2, -0.15) is 0 Å². The van der Waals surface area contributed by atoms with Gasteiger partial charge in [0.2, 0.25) is 0 Å². The number of nitrogens with one attached hydrogen (secondary N) is 1. The molecule has 2 fully saturated rings. The van der Waals surface area contributed by atoms with Gasteiger partial charge in [-0.1, -0.05) is 0 Å². The number of carbonyl (C=O) groups is 1. The van der Waals surface area contributed by atoms with E-state index in [1.54, 1.807) is 0 Å². The number of Topliss-reactive ketones (excluding diaryl/α,β-unsaturated/α-hetero) is 1. The molecule has 1 N–H and O–H groups in total. The Kier molecular flexibility index (Phi) is 3.76. The zero-order chi connectivity index (χ0) is 10.7. The fourth-order valence-corrected chi connectivity index (χ4v) is 2.75. The van der Waals surface area contributed by atoms with Gasteiger partial charge in [-0.05, 0) is 51.9 Å². The van der Waals surface area contributed by atoms with Gasteiger partial charge in [0, 0.05) is 18.9 Å². The first-order chi connectivity index (χ1) is 7.25. The summed E-state index contributed by atoms with van der Waals surface area (Å²) in [7, 11) is 2.11. The van der Waals surface area contributed by atoms with Crippen LogP contribution in [0.25, 0.3) is 0 Å². The minimum atomic E-state index is 0.330. The quantitative estimate of drug-likeness (QED) is 0.751. The lowest BCUT2D eigenvalue weighted by Crippen LogP contribution is -2.32. The number of nitrogens with zero attached hydrogens (tertiary/aromatic N) is 1. The monoisotopic (exact) mass is 210 g/mol. The zero-order valence-corrected chi connectivity index (χ0v) is 9.67. The Morgan fingerprint density at radius 2 is 2.33 bits per heavy atom. The molecule has 86 valence electrons. The highest BCUT2D eigenvalue weighted by Gasteiger charge is 2.28. The molecule has 0 saturated carbocycles. The average molecular weight is 210 g/mol. The van der Waals surface area contributed by atoms with Crippen molar-refractivity contribution in [2.75, 3.05) is 33.2 Å². The maximum atomic E-state index is 12.0. The molecule has 3 heteroatoms. The van der Waals surface area contributed by atoms with Crippen LogP contribution >= 0.6 is 0 Å². The Morgan fingerprint density at radius 1 is 1.47 bits per heavy atom. The SMILES string of the molecule is CN1CCC(C(=O)CC2CCCNC2)C1. The highest BCUT2D eigenvalue weighted by molar-refractivity contribution is 5.81. The van der Waals surface area contributed by atoms with Gasteiger partial charge in [0.25, 0.3) is 0 Å². The molecule has 2 saturated heterocycles. The average Bonchev–Trinajstić information content (AvgIpc) is 2.66. The second-order valence-corrected chi connectivity index (χ2v) is 5.13. The smallest absolute Gasteiger partial charge is 0.137 e. The van der Waals surface area contributed by atoms with Crippen LogP contribution in [-0.4, -0.2) is 43.9 Å². The predicted octanol–water partition coefficient (Wildman–Crippen LogP) is 0.897. The van der Waals surface area contributed by atoms with E-state index < -0.39 is 0 Å². The van der Waals surface area contributed by atoms with Crippen molar-refractivity contribution in [1.29, 1.82) is 0 Å². The number of ketones is 1. The molecule has 0 bridgehead atoms. The standard InChI is InChI=1S/C12H22N2O/c1-14-6-4-11(9-14)12(15)7-10-3-2-5-13-8-10/h10-11,13H,2-9H2,1H3. The van der Waals surface area contributed by atoms with Crippen LogP contribution in [0.1, 0.15) is 25.7 Å². The Balaban J connectivity index is 1.76. The maximum absolute atomic E-state index is 12.0. The zero-order valence-electron chi connectivity index (χ0n) is 9.67. The molecule has 15 heavy (non-hydrogen) atoms. The lowest BCUT2D eigenvalue weighted by atomic mass is 9.89. The predicted molar refractivity (Wildman–Crippen MR) is 60.8 cm³/mol. The molecule has 2 rings (SSSR count). The van der Waals surface area contributed by atoms with Crippen LogP contribution in [-0.2, 0) is 4.79 Å². The first-order valence-corrected chi connectivity index (χ1v) is 6.17. The van der Waals surface area contributed by atoms with Gasteiger partial charge in [-0.25, -0.2) is 0 Å². The van der Waals surface area contributed by atoms with Crippen molar-refractivity contribution in [2.24, 2.45) is 11.8 Å². The number of piperidine rings is 1. The Hall–Kier alpha value is -0.410. The van der Waals surface area contributed by atoms with Crippen molar-refractivity contribution in [3.05, 3.63) is 0 Å². The lowest BCUT2D eigenvalue weighted by molar-refractivity contribution is -0.123. The minimum absolute atomic E-state index is 0.330. The Morgan fingerprint density at radius 3 is 2.93 bits per heavy atom. The van der Waals surface area contributed by atoms with E-state index in [9.17, 15) is 4.79 Å². The number of carbonyl (C=O) groups excluding carboxylic acids is 1. The van der Waals surface area contributed by atoms with Crippen LogP contribution in [0.5, 0.6) is 0 Å². The van der Waals surface area contributed by atoms with Crippen molar-refractivity contribution in [2.45, 2.75) is 25.7 Å². The maximum Gasteiger partial charge on any atom is 0.137 e. The van der Waals surface area contributed by atoms with Crippen LogP contribution in [0.3, 0.4) is 0 Å². The third-order valence-electron chi connectivity index (χ3n) is 3.74. The summed E-state index contributed by atoms with van der Waals surface area (Å²) in [5, 5.41) is 3.38. The molecular formula is C12H22N2O. The summed E-state index contributed by atoms with van der Waals surface area (Å²) in [4.78, 5) is 14.3. The van der Waals surface area contributed by atoms with E-state index in [1.807, 2.05) is 0 Å². The molecule has 2 aliphatic heterocycles. The largest absolute Gasteiger partial charge is 0.316 e. The van der Waals surface area contributed by atoms with Gasteiger partial charge in [-0.15, -0.1) is 0 Å². The van der Waals surface area contributed by atoms with E-state index in [4.69, 9.17) is 0 Å². The summed E-state index contributed by atoms with van der Waals surface area (Å²) in [6.07, 6.45) is 4.37. The number of likely N-dealkylation sites (tertiary alicyclic amines) is 1. The van der Waals surface area contributed by atoms with E-state index in [0.717, 1.165) is 39.0 Å². The third kappa shape index (κ3) is 3.02. The molecule has 2 atom stereocenters. The van der Waals surface area contributed by atoms with Crippen LogP contribution in [0.2, 0.25) is 0 Å². The summed E-state index contributed by atoms with van der Waals surface area (Å²) in [5.74, 6) is 1.45. The molecule has 0 radical (unpaired) electrons. The van der Waals surface area contributed by atoms with Crippen LogP contribution in [0.15, 0.2) is 0 Å². The molecule has 0 spiro atoms. The molecule has 3 nitrogen and oxygen atoms in total. The first kappa shape index (κ1) is 11.1. The fourth-order valence-electron chi connectivity index (χ4n) is 2.75. The normalized spacial score (nSPS) is 33.1. The summed E-state index contributed by atoms with van der Waals surface area (Å²) >= 11 is 0. The van der Waals surface area contributed by atoms with E-state index >= 15 is 0 Å².